The van der Waals surface area contributed by atoms with Gasteiger partial charge in [-0.05, 0) is 84.9 Å². The molecule has 0 radical (unpaired) electrons. The molecule has 4 aliphatic carbocycles. The molecule has 0 aromatic heterocycles. The largest absolute Gasteiger partial charge is 0.481 e. The summed E-state index contributed by atoms with van der Waals surface area (Å²) in [4.78, 5) is 23.3. The van der Waals surface area contributed by atoms with E-state index in [-0.39, 0.29) is 12.8 Å². The maximum atomic E-state index is 15.9. The molecule has 2 N–H and O–H groups in total. The normalized spacial score (nSPS) is 42.8. The lowest BCUT2D eigenvalue weighted by atomic mass is 9.43. The summed E-state index contributed by atoms with van der Waals surface area (Å²) in [6.45, 7) is 11.7. The summed E-state index contributed by atoms with van der Waals surface area (Å²) in [6.07, 6.45) is 10.5. The number of hydrogen-bond acceptors (Lipinski definition) is 2. The van der Waals surface area contributed by atoms with Gasteiger partial charge in [0.15, 0.2) is 0 Å². The van der Waals surface area contributed by atoms with Crippen LogP contribution in [0.2, 0.25) is 0 Å². The molecule has 0 saturated heterocycles. The van der Waals surface area contributed by atoms with Gasteiger partial charge in [-0.15, -0.1) is 0 Å². The second-order valence-electron chi connectivity index (χ2n) is 13.9. The Morgan fingerprint density at radius 3 is 2.36 bits per heavy atom. The Balaban J connectivity index is 1.59. The number of carboxylic acids is 2. The molecule has 0 aromatic carbocycles. The Morgan fingerprint density at radius 1 is 1.03 bits per heavy atom. The third-order valence-electron chi connectivity index (χ3n) is 11.7. The molecule has 4 nitrogen and oxygen atoms in total. The summed E-state index contributed by atoms with van der Waals surface area (Å²) in [5, 5.41) is 19.1. The predicted octanol–water partition coefficient (Wildman–Crippen LogP) is 7.77. The van der Waals surface area contributed by atoms with E-state index in [1.54, 1.807) is 0 Å². The molecule has 0 amide bonds. The third-order valence-corrected chi connectivity index (χ3v) is 11.7. The molecular formula is C31H49FO4. The number of fused-ring (bicyclic) bond motifs is 5. The number of allylic oxidation sites excluding steroid dienone is 2. The molecule has 3 saturated carbocycles. The first-order valence-corrected chi connectivity index (χ1v) is 14.7. The molecule has 0 unspecified atom stereocenters. The van der Waals surface area contributed by atoms with Crippen LogP contribution in [0.5, 0.6) is 0 Å². The van der Waals surface area contributed by atoms with Crippen molar-refractivity contribution in [3.63, 3.8) is 0 Å². The molecule has 0 bridgehead atoms. The van der Waals surface area contributed by atoms with Crippen molar-refractivity contribution < 1.29 is 24.2 Å². The van der Waals surface area contributed by atoms with Crippen molar-refractivity contribution in [3.05, 3.63) is 11.6 Å². The van der Waals surface area contributed by atoms with Gasteiger partial charge in [0.2, 0.25) is 0 Å². The van der Waals surface area contributed by atoms with Crippen LogP contribution in [0.15, 0.2) is 11.6 Å². The van der Waals surface area contributed by atoms with E-state index in [2.05, 4.69) is 40.7 Å². The van der Waals surface area contributed by atoms with Crippen molar-refractivity contribution >= 4 is 11.9 Å². The SMILES string of the molecule is CC(C)CCC[C@@H](C)[C@H]1CC[C@H]2[C@@H]3CC=C4C[C@@H](CC(=O)O)[C@@H](F)[C@H](CC(=O)O)[C@]4(C)[C@H]3CC[C@]12C. The van der Waals surface area contributed by atoms with Crippen molar-refractivity contribution in [3.8, 4) is 0 Å². The fraction of sp³-hybridized carbons (Fsp3) is 0.871. The topological polar surface area (TPSA) is 74.6 Å². The quantitative estimate of drug-likeness (QED) is 0.315. The summed E-state index contributed by atoms with van der Waals surface area (Å²) < 4.78 is 15.9. The Hall–Kier alpha value is -1.39. The van der Waals surface area contributed by atoms with E-state index in [1.807, 2.05) is 0 Å². The Bertz CT molecular complexity index is 867. The van der Waals surface area contributed by atoms with E-state index in [0.717, 1.165) is 42.6 Å². The average molecular weight is 505 g/mol. The van der Waals surface area contributed by atoms with Gasteiger partial charge in [0.1, 0.15) is 6.17 Å². The van der Waals surface area contributed by atoms with Crippen molar-refractivity contribution in [2.24, 2.45) is 58.2 Å². The van der Waals surface area contributed by atoms with E-state index in [0.29, 0.717) is 29.6 Å². The molecule has 3 fully saturated rings. The average Bonchev–Trinajstić information content (AvgIpc) is 3.14. The van der Waals surface area contributed by atoms with Crippen molar-refractivity contribution in [2.45, 2.75) is 111 Å². The molecule has 0 aliphatic heterocycles. The minimum atomic E-state index is -1.39. The van der Waals surface area contributed by atoms with Gasteiger partial charge in [-0.1, -0.05) is 65.5 Å². The minimum Gasteiger partial charge on any atom is -0.481 e. The van der Waals surface area contributed by atoms with Crippen LogP contribution >= 0.6 is 0 Å². The van der Waals surface area contributed by atoms with Crippen LogP contribution in [0.3, 0.4) is 0 Å². The maximum absolute atomic E-state index is 15.9. The molecule has 0 aromatic rings. The monoisotopic (exact) mass is 504 g/mol. The minimum absolute atomic E-state index is 0.216. The lowest BCUT2D eigenvalue weighted by molar-refractivity contribution is -0.146. The summed E-state index contributed by atoms with van der Waals surface area (Å²) in [5.74, 6) is 0.356. The molecule has 36 heavy (non-hydrogen) atoms. The van der Waals surface area contributed by atoms with Gasteiger partial charge in [-0.3, -0.25) is 9.59 Å². The van der Waals surface area contributed by atoms with Crippen LogP contribution in [-0.4, -0.2) is 28.3 Å². The van der Waals surface area contributed by atoms with Gasteiger partial charge >= 0.3 is 11.9 Å². The van der Waals surface area contributed by atoms with Crippen molar-refractivity contribution in [1.29, 1.82) is 0 Å². The van der Waals surface area contributed by atoms with E-state index < -0.39 is 35.4 Å². The highest BCUT2D eigenvalue weighted by Crippen LogP contribution is 2.69. The van der Waals surface area contributed by atoms with Gasteiger partial charge in [0, 0.05) is 11.8 Å². The summed E-state index contributed by atoms with van der Waals surface area (Å²) >= 11 is 0. The van der Waals surface area contributed by atoms with Crippen molar-refractivity contribution in [1.82, 2.24) is 0 Å². The van der Waals surface area contributed by atoms with Crippen LogP contribution < -0.4 is 0 Å². The first-order chi connectivity index (χ1) is 16.9. The lowest BCUT2D eigenvalue weighted by Gasteiger charge is -2.61. The molecule has 5 heteroatoms. The molecule has 10 atom stereocenters. The summed E-state index contributed by atoms with van der Waals surface area (Å²) in [5.41, 5.74) is 0.978. The van der Waals surface area contributed by atoms with E-state index in [4.69, 9.17) is 0 Å². The smallest absolute Gasteiger partial charge is 0.303 e. The Morgan fingerprint density at radius 2 is 1.72 bits per heavy atom. The second kappa shape index (κ2) is 10.4. The number of alkyl halides is 1. The highest BCUT2D eigenvalue weighted by molar-refractivity contribution is 5.68. The molecule has 0 heterocycles. The number of carboxylic acid groups (broad SMARTS) is 2. The van der Waals surface area contributed by atoms with Gasteiger partial charge in [0.05, 0.1) is 12.8 Å². The molecule has 204 valence electrons. The van der Waals surface area contributed by atoms with E-state index in [9.17, 15) is 19.8 Å². The lowest BCUT2D eigenvalue weighted by Crippen LogP contribution is -2.56. The van der Waals surface area contributed by atoms with Crippen LogP contribution in [0.1, 0.15) is 105 Å². The van der Waals surface area contributed by atoms with Crippen molar-refractivity contribution in [2.75, 3.05) is 0 Å². The van der Waals surface area contributed by atoms with Gasteiger partial charge < -0.3 is 10.2 Å². The van der Waals surface area contributed by atoms with Crippen LogP contribution in [0.4, 0.5) is 4.39 Å². The first kappa shape index (κ1) is 27.6. The zero-order valence-corrected chi connectivity index (χ0v) is 23.1. The maximum Gasteiger partial charge on any atom is 0.303 e. The standard InChI is InChI=1S/C31H49FO4/c1-18(2)7-6-8-19(3)23-11-12-24-22-10-9-21-15-20(16-27(33)34)29(32)26(17-28(35)36)31(21,5)25(22)13-14-30(23,24)4/h9,18-20,22-26,29H,6-8,10-17H2,1-5H3,(H,33,34)(H,35,36)/t19-,20+,22+,23-,24+,25+,26+,29-,30-,31+/m1/s1. The van der Waals surface area contributed by atoms with E-state index >= 15 is 4.39 Å². The van der Waals surface area contributed by atoms with Gasteiger partial charge in [-0.2, -0.15) is 0 Å². The predicted molar refractivity (Wildman–Crippen MR) is 140 cm³/mol. The Labute approximate surface area is 217 Å². The molecule has 4 rings (SSSR count). The zero-order chi connectivity index (χ0) is 26.4. The van der Waals surface area contributed by atoms with Gasteiger partial charge in [0.25, 0.3) is 0 Å². The fourth-order valence-corrected chi connectivity index (χ4v) is 9.91. The number of aliphatic carboxylic acids is 2. The fourth-order valence-electron chi connectivity index (χ4n) is 9.91. The summed E-state index contributed by atoms with van der Waals surface area (Å²) in [6, 6.07) is 0. The van der Waals surface area contributed by atoms with Gasteiger partial charge in [-0.25, -0.2) is 4.39 Å². The van der Waals surface area contributed by atoms with Crippen LogP contribution in [0, 0.1) is 58.2 Å². The third kappa shape index (κ3) is 4.77. The van der Waals surface area contributed by atoms with Crippen LogP contribution in [-0.2, 0) is 9.59 Å². The van der Waals surface area contributed by atoms with Crippen LogP contribution in [0.25, 0.3) is 0 Å². The first-order valence-electron chi connectivity index (χ1n) is 14.7. The molecular weight excluding hydrogens is 455 g/mol. The highest BCUT2D eigenvalue weighted by atomic mass is 19.1. The number of rotatable bonds is 9. The molecule has 4 aliphatic rings. The zero-order valence-electron chi connectivity index (χ0n) is 23.1. The van der Waals surface area contributed by atoms with E-state index in [1.165, 1.54) is 32.1 Å². The summed E-state index contributed by atoms with van der Waals surface area (Å²) in [7, 11) is 0. The number of halogens is 1. The number of carbonyl (C=O) groups is 2. The Kier molecular flexibility index (Phi) is 7.99. The number of hydrogen-bond donors (Lipinski definition) is 2. The highest BCUT2D eigenvalue weighted by Gasteiger charge is 2.62. The second-order valence-corrected chi connectivity index (χ2v) is 13.9. The molecule has 0 spiro atoms.